The second kappa shape index (κ2) is 14.6. The zero-order valence-corrected chi connectivity index (χ0v) is 11.4. The molecule has 0 N–H and O–H groups in total. The van der Waals surface area contributed by atoms with Gasteiger partial charge in [0.25, 0.3) is 0 Å². The maximum atomic E-state index is 3.28. The van der Waals surface area contributed by atoms with Gasteiger partial charge in [-0.25, -0.2) is 0 Å². The maximum Gasteiger partial charge on any atom is 0.00886 e. The summed E-state index contributed by atoms with van der Waals surface area (Å²) in [5.74, 6) is 6.53. The minimum atomic E-state index is 1.10. The fourth-order valence-electron chi connectivity index (χ4n) is 1.71. The summed E-state index contributed by atoms with van der Waals surface area (Å²) in [5, 5.41) is 0. The van der Waals surface area contributed by atoms with Crippen molar-refractivity contribution in [1.82, 2.24) is 0 Å². The summed E-state index contributed by atoms with van der Waals surface area (Å²) >= 11 is 0. The first kappa shape index (κ1) is 15.6. The lowest BCUT2D eigenvalue weighted by Gasteiger charge is -1.99. The van der Waals surface area contributed by atoms with Gasteiger partial charge in [-0.05, 0) is 19.3 Å². The monoisotopic (exact) mass is 221 g/mol. The van der Waals surface area contributed by atoms with Gasteiger partial charge in [-0.15, -0.1) is 11.8 Å². The van der Waals surface area contributed by atoms with Gasteiger partial charge < -0.3 is 0 Å². The third kappa shape index (κ3) is 13.6. The lowest BCUT2D eigenvalue weighted by Crippen LogP contribution is -1.80. The van der Waals surface area contributed by atoms with Crippen molar-refractivity contribution in [3.8, 4) is 11.8 Å². The molecule has 0 aromatic heterocycles. The quantitative estimate of drug-likeness (QED) is 0.336. The fourth-order valence-corrected chi connectivity index (χ4v) is 1.71. The van der Waals surface area contributed by atoms with Crippen LogP contribution >= 0.6 is 0 Å². The Morgan fingerprint density at radius 3 is 1.94 bits per heavy atom. The van der Waals surface area contributed by atoms with E-state index in [9.17, 15) is 0 Å². The van der Waals surface area contributed by atoms with E-state index in [1.54, 1.807) is 0 Å². The lowest BCUT2D eigenvalue weighted by molar-refractivity contribution is 0.597. The van der Waals surface area contributed by atoms with Crippen molar-refractivity contribution in [2.24, 2.45) is 0 Å². The molecule has 0 spiro atoms. The topological polar surface area (TPSA) is 0 Å². The van der Waals surface area contributed by atoms with Crippen molar-refractivity contribution in [3.63, 3.8) is 0 Å². The second-order valence-corrected chi connectivity index (χ2v) is 4.53. The largest absolute Gasteiger partial charge is 0.103 e. The third-order valence-corrected chi connectivity index (χ3v) is 2.82. The summed E-state index contributed by atoms with van der Waals surface area (Å²) in [6.07, 6.45) is 16.6. The number of rotatable bonds is 10. The molecule has 0 amide bonds. The summed E-state index contributed by atoms with van der Waals surface area (Å²) in [6.45, 7) is 4.37. The highest BCUT2D eigenvalue weighted by molar-refractivity contribution is 4.98. The molecular formula is C16H29. The molecule has 1 radical (unpaired) electrons. The van der Waals surface area contributed by atoms with Crippen LogP contribution in [0.2, 0.25) is 0 Å². The van der Waals surface area contributed by atoms with Crippen LogP contribution in [0, 0.1) is 18.3 Å². The average molecular weight is 221 g/mol. The fraction of sp³-hybridized carbons (Fsp3) is 0.812. The van der Waals surface area contributed by atoms with Crippen molar-refractivity contribution in [2.45, 2.75) is 84.5 Å². The highest BCUT2D eigenvalue weighted by atomic mass is 14.0. The maximum absolute atomic E-state index is 3.28. The second-order valence-electron chi connectivity index (χ2n) is 4.53. The Morgan fingerprint density at radius 1 is 0.750 bits per heavy atom. The lowest BCUT2D eigenvalue weighted by atomic mass is 10.1. The van der Waals surface area contributed by atoms with E-state index in [2.05, 4.69) is 32.1 Å². The summed E-state index contributed by atoms with van der Waals surface area (Å²) in [5.41, 5.74) is 0. The predicted octanol–water partition coefficient (Wildman–Crippen LogP) is 5.52. The Hall–Kier alpha value is -0.440. The van der Waals surface area contributed by atoms with Gasteiger partial charge in [0.2, 0.25) is 0 Å². The summed E-state index contributed by atoms with van der Waals surface area (Å²) < 4.78 is 0. The molecule has 0 atom stereocenters. The van der Waals surface area contributed by atoms with Gasteiger partial charge in [-0.2, -0.15) is 0 Å². The highest BCUT2D eigenvalue weighted by Crippen LogP contribution is 2.08. The number of unbranched alkanes of at least 4 members (excludes halogenated alkanes) is 10. The minimum Gasteiger partial charge on any atom is -0.103 e. The van der Waals surface area contributed by atoms with Gasteiger partial charge >= 0.3 is 0 Å². The molecule has 0 unspecified atom stereocenters. The Morgan fingerprint density at radius 2 is 1.31 bits per heavy atom. The Kier molecular flexibility index (Phi) is 14.2. The van der Waals surface area contributed by atoms with Crippen molar-refractivity contribution in [2.75, 3.05) is 0 Å². The predicted molar refractivity (Wildman–Crippen MR) is 74.2 cm³/mol. The molecule has 0 aromatic carbocycles. The van der Waals surface area contributed by atoms with Crippen LogP contribution in [0.4, 0.5) is 0 Å². The van der Waals surface area contributed by atoms with Crippen molar-refractivity contribution < 1.29 is 0 Å². The van der Waals surface area contributed by atoms with Crippen molar-refractivity contribution >= 4 is 0 Å². The van der Waals surface area contributed by atoms with E-state index in [0.29, 0.717) is 0 Å². The van der Waals surface area contributed by atoms with Crippen LogP contribution in [0.1, 0.15) is 84.5 Å². The molecule has 0 aliphatic carbocycles. The molecule has 0 saturated carbocycles. The summed E-state index contributed by atoms with van der Waals surface area (Å²) in [4.78, 5) is 0. The third-order valence-electron chi connectivity index (χ3n) is 2.82. The van der Waals surface area contributed by atoms with Crippen LogP contribution in [-0.2, 0) is 0 Å². The van der Waals surface area contributed by atoms with E-state index >= 15 is 0 Å². The number of hydrogen-bond acceptors (Lipinski definition) is 0. The normalized spacial score (nSPS) is 9.88. The smallest absolute Gasteiger partial charge is 0.00886 e. The van der Waals surface area contributed by atoms with E-state index in [-0.39, 0.29) is 0 Å². The molecule has 93 valence electrons. The average Bonchev–Trinajstić information content (AvgIpc) is 2.31. The molecule has 16 heavy (non-hydrogen) atoms. The molecule has 0 heteroatoms. The molecule has 0 bridgehead atoms. The molecule has 0 heterocycles. The van der Waals surface area contributed by atoms with Gasteiger partial charge in [0.05, 0.1) is 0 Å². The molecule has 0 saturated heterocycles. The summed E-state index contributed by atoms with van der Waals surface area (Å²) in [7, 11) is 0. The molecule has 0 aromatic rings. The molecular weight excluding hydrogens is 192 g/mol. The van der Waals surface area contributed by atoms with E-state index < -0.39 is 0 Å². The van der Waals surface area contributed by atoms with Gasteiger partial charge in [0.1, 0.15) is 0 Å². The minimum absolute atomic E-state index is 1.10. The molecule has 0 fully saturated rings. The van der Waals surface area contributed by atoms with Gasteiger partial charge in [0, 0.05) is 12.8 Å². The Labute approximate surface area is 103 Å². The first-order valence-electron chi connectivity index (χ1n) is 7.15. The van der Waals surface area contributed by atoms with E-state index in [1.807, 2.05) is 0 Å². The van der Waals surface area contributed by atoms with Crippen LogP contribution in [0.5, 0.6) is 0 Å². The molecule has 0 aliphatic heterocycles. The standard InChI is InChI=1S/C16H29/c1-3-5-7-9-11-13-15-16-14-12-10-8-6-4-2/h3H,4-9,11,13-16H2,1-2H3. The van der Waals surface area contributed by atoms with Crippen LogP contribution < -0.4 is 0 Å². The van der Waals surface area contributed by atoms with E-state index in [1.165, 1.54) is 57.8 Å². The van der Waals surface area contributed by atoms with E-state index in [4.69, 9.17) is 0 Å². The summed E-state index contributed by atoms with van der Waals surface area (Å²) in [6, 6.07) is 0. The first-order valence-corrected chi connectivity index (χ1v) is 7.15. The Balaban J connectivity index is 2.99. The highest BCUT2D eigenvalue weighted by Gasteiger charge is 1.90. The van der Waals surface area contributed by atoms with Crippen LogP contribution in [0.25, 0.3) is 0 Å². The molecule has 0 rings (SSSR count). The zero-order chi connectivity index (χ0) is 11.9. The van der Waals surface area contributed by atoms with Crippen LogP contribution in [0.15, 0.2) is 0 Å². The van der Waals surface area contributed by atoms with Gasteiger partial charge in [-0.1, -0.05) is 58.8 Å². The Bertz CT molecular complexity index is 170. The molecule has 0 aliphatic rings. The van der Waals surface area contributed by atoms with Gasteiger partial charge in [-0.3, -0.25) is 0 Å². The SMILES string of the molecule is C[CH]CCCCCCCCC#CCCCC. The number of hydrogen-bond donors (Lipinski definition) is 0. The van der Waals surface area contributed by atoms with Crippen molar-refractivity contribution in [3.05, 3.63) is 6.42 Å². The van der Waals surface area contributed by atoms with Crippen LogP contribution in [0.3, 0.4) is 0 Å². The van der Waals surface area contributed by atoms with Gasteiger partial charge in [0.15, 0.2) is 0 Å². The molecule has 0 nitrogen and oxygen atoms in total. The van der Waals surface area contributed by atoms with E-state index in [0.717, 1.165) is 12.8 Å². The van der Waals surface area contributed by atoms with Crippen LogP contribution in [-0.4, -0.2) is 0 Å². The zero-order valence-electron chi connectivity index (χ0n) is 11.4. The van der Waals surface area contributed by atoms with Crippen molar-refractivity contribution in [1.29, 1.82) is 0 Å². The first-order chi connectivity index (χ1) is 7.91.